The van der Waals surface area contributed by atoms with Gasteiger partial charge >= 0.3 is 5.97 Å². The minimum Gasteiger partial charge on any atom is -0.496 e. The molecular weight excluding hydrogens is 168 g/mol. The summed E-state index contributed by atoms with van der Waals surface area (Å²) in [6.07, 6.45) is 0. The second kappa shape index (κ2) is 3.47. The van der Waals surface area contributed by atoms with E-state index >= 15 is 0 Å². The molecule has 0 spiro atoms. The smallest absolute Gasteiger partial charge is 0.336 e. The van der Waals surface area contributed by atoms with Crippen LogP contribution in [-0.2, 0) is 0 Å². The van der Waals surface area contributed by atoms with Gasteiger partial charge in [0.05, 0.1) is 12.7 Å². The van der Waals surface area contributed by atoms with Crippen molar-refractivity contribution in [2.45, 2.75) is 13.8 Å². The molecule has 0 heterocycles. The number of aryl methyl sites for hydroxylation is 1. The van der Waals surface area contributed by atoms with E-state index in [0.29, 0.717) is 16.9 Å². The van der Waals surface area contributed by atoms with Crippen molar-refractivity contribution < 1.29 is 14.6 Å². The van der Waals surface area contributed by atoms with Crippen molar-refractivity contribution in [2.24, 2.45) is 0 Å². The lowest BCUT2D eigenvalue weighted by molar-refractivity contribution is 0.0695. The highest BCUT2D eigenvalue weighted by molar-refractivity contribution is 5.91. The molecule has 0 aliphatic carbocycles. The van der Waals surface area contributed by atoms with E-state index in [0.717, 1.165) is 5.56 Å². The zero-order valence-corrected chi connectivity index (χ0v) is 7.92. The molecular formula is C10H12O3. The first-order chi connectivity index (χ1) is 6.07. The van der Waals surface area contributed by atoms with Crippen LogP contribution >= 0.6 is 0 Å². The van der Waals surface area contributed by atoms with Gasteiger partial charge in [-0.05, 0) is 25.5 Å². The fraction of sp³-hybridized carbons (Fsp3) is 0.300. The van der Waals surface area contributed by atoms with Gasteiger partial charge in [-0.2, -0.15) is 0 Å². The number of rotatable bonds is 2. The Morgan fingerprint density at radius 2 is 2.00 bits per heavy atom. The number of hydrogen-bond donors (Lipinski definition) is 1. The number of methoxy groups -OCH3 is 1. The van der Waals surface area contributed by atoms with Crippen LogP contribution in [0.3, 0.4) is 0 Å². The van der Waals surface area contributed by atoms with Crippen LogP contribution in [0.4, 0.5) is 0 Å². The van der Waals surface area contributed by atoms with Crippen molar-refractivity contribution in [3.05, 3.63) is 28.8 Å². The van der Waals surface area contributed by atoms with Gasteiger partial charge in [-0.3, -0.25) is 0 Å². The summed E-state index contributed by atoms with van der Waals surface area (Å²) >= 11 is 0. The maximum absolute atomic E-state index is 10.9. The number of carboxylic acid groups (broad SMARTS) is 1. The number of benzene rings is 1. The van der Waals surface area contributed by atoms with Gasteiger partial charge in [0, 0.05) is 5.56 Å². The summed E-state index contributed by atoms with van der Waals surface area (Å²) < 4.78 is 5.03. The molecule has 0 aliphatic heterocycles. The van der Waals surface area contributed by atoms with Crippen LogP contribution in [0, 0.1) is 13.8 Å². The Kier molecular flexibility index (Phi) is 2.56. The lowest BCUT2D eigenvalue weighted by Crippen LogP contribution is -2.04. The summed E-state index contributed by atoms with van der Waals surface area (Å²) in [6.45, 7) is 3.52. The normalized spacial score (nSPS) is 9.77. The van der Waals surface area contributed by atoms with Crippen molar-refractivity contribution in [2.75, 3.05) is 7.11 Å². The fourth-order valence-corrected chi connectivity index (χ4v) is 1.38. The third-order valence-electron chi connectivity index (χ3n) is 2.06. The first-order valence-electron chi connectivity index (χ1n) is 3.95. The number of carbonyl (C=O) groups is 1. The average molecular weight is 180 g/mol. The second-order valence-corrected chi connectivity index (χ2v) is 2.89. The quantitative estimate of drug-likeness (QED) is 0.757. The Bertz CT molecular complexity index is 342. The summed E-state index contributed by atoms with van der Waals surface area (Å²) in [5, 5.41) is 8.91. The van der Waals surface area contributed by atoms with Gasteiger partial charge in [-0.25, -0.2) is 4.79 Å². The summed E-state index contributed by atoms with van der Waals surface area (Å²) in [5.74, 6) is -0.295. The summed E-state index contributed by atoms with van der Waals surface area (Å²) in [4.78, 5) is 10.9. The van der Waals surface area contributed by atoms with Gasteiger partial charge in [0.1, 0.15) is 5.75 Å². The van der Waals surface area contributed by atoms with Gasteiger partial charge < -0.3 is 9.84 Å². The van der Waals surface area contributed by atoms with Crippen LogP contribution in [0.1, 0.15) is 21.5 Å². The molecule has 0 saturated carbocycles. The second-order valence-electron chi connectivity index (χ2n) is 2.89. The van der Waals surface area contributed by atoms with E-state index in [-0.39, 0.29) is 0 Å². The predicted molar refractivity (Wildman–Crippen MR) is 49.4 cm³/mol. The first-order valence-corrected chi connectivity index (χ1v) is 3.95. The molecule has 1 aromatic carbocycles. The van der Waals surface area contributed by atoms with E-state index in [1.807, 2.05) is 0 Å². The maximum atomic E-state index is 10.9. The number of ether oxygens (including phenoxy) is 1. The molecule has 0 amide bonds. The molecule has 0 unspecified atom stereocenters. The molecule has 1 rings (SSSR count). The molecule has 70 valence electrons. The highest BCUT2D eigenvalue weighted by Gasteiger charge is 2.13. The summed E-state index contributed by atoms with van der Waals surface area (Å²) in [6, 6.07) is 3.52. The van der Waals surface area contributed by atoms with E-state index in [4.69, 9.17) is 9.84 Å². The third-order valence-corrected chi connectivity index (χ3v) is 2.06. The molecule has 0 aromatic heterocycles. The minimum atomic E-state index is -0.908. The van der Waals surface area contributed by atoms with Crippen LogP contribution in [0.5, 0.6) is 5.75 Å². The lowest BCUT2D eigenvalue weighted by atomic mass is 10.0. The van der Waals surface area contributed by atoms with Crippen molar-refractivity contribution >= 4 is 5.97 Å². The number of aromatic carboxylic acids is 1. The average Bonchev–Trinajstić information content (AvgIpc) is 2.04. The highest BCUT2D eigenvalue weighted by atomic mass is 16.5. The van der Waals surface area contributed by atoms with Crippen molar-refractivity contribution in [1.82, 2.24) is 0 Å². The van der Waals surface area contributed by atoms with Crippen LogP contribution in [-0.4, -0.2) is 18.2 Å². The SMILES string of the molecule is COc1ccc(C)c(C(=O)O)c1C. The van der Waals surface area contributed by atoms with Gasteiger partial charge in [0.2, 0.25) is 0 Å². The molecule has 0 bridgehead atoms. The van der Waals surface area contributed by atoms with Gasteiger partial charge in [-0.1, -0.05) is 6.07 Å². The molecule has 13 heavy (non-hydrogen) atoms. The zero-order chi connectivity index (χ0) is 10.0. The van der Waals surface area contributed by atoms with E-state index in [9.17, 15) is 4.79 Å². The van der Waals surface area contributed by atoms with Gasteiger partial charge in [-0.15, -0.1) is 0 Å². The Hall–Kier alpha value is -1.51. The maximum Gasteiger partial charge on any atom is 0.336 e. The van der Waals surface area contributed by atoms with E-state index in [1.165, 1.54) is 7.11 Å². The van der Waals surface area contributed by atoms with Crippen molar-refractivity contribution in [3.8, 4) is 5.75 Å². The molecule has 3 nitrogen and oxygen atoms in total. The highest BCUT2D eigenvalue weighted by Crippen LogP contribution is 2.23. The molecule has 0 atom stereocenters. The lowest BCUT2D eigenvalue weighted by Gasteiger charge is -2.09. The number of hydrogen-bond acceptors (Lipinski definition) is 2. The van der Waals surface area contributed by atoms with E-state index in [1.54, 1.807) is 26.0 Å². The Balaban J connectivity index is 3.38. The van der Waals surface area contributed by atoms with Crippen molar-refractivity contribution in [1.29, 1.82) is 0 Å². The first kappa shape index (κ1) is 9.58. The summed E-state index contributed by atoms with van der Waals surface area (Å²) in [7, 11) is 1.53. The standard InChI is InChI=1S/C10H12O3/c1-6-4-5-8(13-3)7(2)9(6)10(11)12/h4-5H,1-3H3,(H,11,12). The minimum absolute atomic E-state index is 0.333. The fourth-order valence-electron chi connectivity index (χ4n) is 1.38. The van der Waals surface area contributed by atoms with E-state index in [2.05, 4.69) is 0 Å². The molecule has 0 saturated heterocycles. The van der Waals surface area contributed by atoms with Crippen LogP contribution in [0.15, 0.2) is 12.1 Å². The Morgan fingerprint density at radius 1 is 1.38 bits per heavy atom. The molecule has 3 heteroatoms. The monoisotopic (exact) mass is 180 g/mol. The number of carboxylic acids is 1. The van der Waals surface area contributed by atoms with Crippen LogP contribution in [0.25, 0.3) is 0 Å². The Morgan fingerprint density at radius 3 is 2.46 bits per heavy atom. The molecule has 0 radical (unpaired) electrons. The molecule has 1 N–H and O–H groups in total. The molecule has 1 aromatic rings. The van der Waals surface area contributed by atoms with Gasteiger partial charge in [0.25, 0.3) is 0 Å². The van der Waals surface area contributed by atoms with Crippen molar-refractivity contribution in [3.63, 3.8) is 0 Å². The van der Waals surface area contributed by atoms with Gasteiger partial charge in [0.15, 0.2) is 0 Å². The van der Waals surface area contributed by atoms with Crippen LogP contribution in [0.2, 0.25) is 0 Å². The molecule has 0 fully saturated rings. The zero-order valence-electron chi connectivity index (χ0n) is 7.92. The summed E-state index contributed by atoms with van der Waals surface area (Å²) in [5.41, 5.74) is 1.76. The van der Waals surface area contributed by atoms with Crippen LogP contribution < -0.4 is 4.74 Å². The topological polar surface area (TPSA) is 46.5 Å². The predicted octanol–water partition coefficient (Wildman–Crippen LogP) is 2.01. The van der Waals surface area contributed by atoms with E-state index < -0.39 is 5.97 Å². The third kappa shape index (κ3) is 1.64. The largest absolute Gasteiger partial charge is 0.496 e. The Labute approximate surface area is 77.0 Å². The molecule has 0 aliphatic rings.